The van der Waals surface area contributed by atoms with Gasteiger partial charge in [-0.2, -0.15) is 11.8 Å². The molecule has 106 valence electrons. The molecule has 1 aromatic carbocycles. The molecule has 1 saturated carbocycles. The predicted octanol–water partition coefficient (Wildman–Crippen LogP) is 3.08. The topological polar surface area (TPSA) is 30.5 Å². The van der Waals surface area contributed by atoms with Crippen LogP contribution in [0.15, 0.2) is 18.2 Å². The lowest BCUT2D eigenvalue weighted by Gasteiger charge is -2.12. The first kappa shape index (κ1) is 14.5. The van der Waals surface area contributed by atoms with E-state index in [0.717, 1.165) is 42.9 Å². The molecule has 1 aliphatic rings. The second-order valence-corrected chi connectivity index (χ2v) is 5.82. The Morgan fingerprint density at radius 1 is 1.32 bits per heavy atom. The summed E-state index contributed by atoms with van der Waals surface area (Å²) in [5.41, 5.74) is 1.26. The van der Waals surface area contributed by atoms with E-state index in [4.69, 9.17) is 9.47 Å². The van der Waals surface area contributed by atoms with Crippen molar-refractivity contribution in [2.24, 2.45) is 0 Å². The van der Waals surface area contributed by atoms with Gasteiger partial charge in [0.15, 0.2) is 11.5 Å². The van der Waals surface area contributed by atoms with Crippen molar-refractivity contribution >= 4 is 11.8 Å². The third kappa shape index (κ3) is 4.96. The molecule has 4 heteroatoms. The fourth-order valence-electron chi connectivity index (χ4n) is 1.88. The van der Waals surface area contributed by atoms with E-state index in [1.807, 2.05) is 17.8 Å². The van der Waals surface area contributed by atoms with E-state index in [2.05, 4.69) is 23.7 Å². The number of rotatable bonds is 9. The van der Waals surface area contributed by atoms with Crippen LogP contribution in [0.5, 0.6) is 11.5 Å². The highest BCUT2D eigenvalue weighted by Gasteiger charge is 2.20. The van der Waals surface area contributed by atoms with Gasteiger partial charge in [0.25, 0.3) is 0 Å². The van der Waals surface area contributed by atoms with E-state index < -0.39 is 0 Å². The van der Waals surface area contributed by atoms with Crippen molar-refractivity contribution in [3.05, 3.63) is 23.8 Å². The molecule has 1 aromatic rings. The van der Waals surface area contributed by atoms with Crippen LogP contribution in [0.25, 0.3) is 0 Å². The molecular formula is C15H23NO2S. The van der Waals surface area contributed by atoms with Crippen LogP contribution in [0, 0.1) is 0 Å². The first-order valence-electron chi connectivity index (χ1n) is 6.85. The molecule has 1 fully saturated rings. The van der Waals surface area contributed by atoms with Gasteiger partial charge in [-0.05, 0) is 49.0 Å². The van der Waals surface area contributed by atoms with Gasteiger partial charge in [0.2, 0.25) is 0 Å². The standard InChI is InChI=1S/C15H23NO2S/c1-17-14-7-4-12(11-16-13-5-6-13)10-15(14)18-8-3-9-19-2/h4,7,10,13,16H,3,5-6,8-9,11H2,1-2H3. The van der Waals surface area contributed by atoms with Crippen molar-refractivity contribution < 1.29 is 9.47 Å². The van der Waals surface area contributed by atoms with Crippen molar-refractivity contribution in [1.29, 1.82) is 0 Å². The molecule has 0 spiro atoms. The van der Waals surface area contributed by atoms with Crippen molar-refractivity contribution in [1.82, 2.24) is 5.32 Å². The van der Waals surface area contributed by atoms with Crippen molar-refractivity contribution in [3.8, 4) is 11.5 Å². The van der Waals surface area contributed by atoms with E-state index in [-0.39, 0.29) is 0 Å². The average Bonchev–Trinajstić information content (AvgIpc) is 3.26. The normalized spacial score (nSPS) is 14.4. The quantitative estimate of drug-likeness (QED) is 0.705. The number of hydrogen-bond donors (Lipinski definition) is 1. The first-order chi connectivity index (χ1) is 9.33. The molecule has 1 aliphatic carbocycles. The number of hydrogen-bond acceptors (Lipinski definition) is 4. The Labute approximate surface area is 120 Å². The Kier molecular flexibility index (Phi) is 5.86. The zero-order valence-corrected chi connectivity index (χ0v) is 12.6. The summed E-state index contributed by atoms with van der Waals surface area (Å²) < 4.78 is 11.2. The molecule has 19 heavy (non-hydrogen) atoms. The van der Waals surface area contributed by atoms with E-state index in [9.17, 15) is 0 Å². The molecule has 0 unspecified atom stereocenters. The lowest BCUT2D eigenvalue weighted by Crippen LogP contribution is -2.15. The van der Waals surface area contributed by atoms with Crippen molar-refractivity contribution in [2.75, 3.05) is 25.7 Å². The van der Waals surface area contributed by atoms with Crippen LogP contribution >= 0.6 is 11.8 Å². The van der Waals surface area contributed by atoms with Crippen LogP contribution in [0.2, 0.25) is 0 Å². The third-order valence-corrected chi connectivity index (χ3v) is 3.85. The van der Waals surface area contributed by atoms with Gasteiger partial charge in [0, 0.05) is 12.6 Å². The lowest BCUT2D eigenvalue weighted by molar-refractivity contribution is 0.295. The molecule has 0 saturated heterocycles. The van der Waals surface area contributed by atoms with Gasteiger partial charge in [-0.3, -0.25) is 0 Å². The lowest BCUT2D eigenvalue weighted by atomic mass is 10.2. The van der Waals surface area contributed by atoms with Crippen molar-refractivity contribution in [3.63, 3.8) is 0 Å². The Morgan fingerprint density at radius 2 is 2.16 bits per heavy atom. The van der Waals surface area contributed by atoms with Gasteiger partial charge in [-0.15, -0.1) is 0 Å². The zero-order valence-electron chi connectivity index (χ0n) is 11.8. The summed E-state index contributed by atoms with van der Waals surface area (Å²) >= 11 is 1.85. The highest BCUT2D eigenvalue weighted by molar-refractivity contribution is 7.98. The van der Waals surface area contributed by atoms with Gasteiger partial charge in [-0.1, -0.05) is 6.07 Å². The van der Waals surface area contributed by atoms with E-state index >= 15 is 0 Å². The van der Waals surface area contributed by atoms with Crippen LogP contribution in [-0.4, -0.2) is 31.8 Å². The molecule has 2 rings (SSSR count). The fraction of sp³-hybridized carbons (Fsp3) is 0.600. The maximum Gasteiger partial charge on any atom is 0.161 e. The minimum absolute atomic E-state index is 0.730. The average molecular weight is 281 g/mol. The van der Waals surface area contributed by atoms with Crippen molar-refractivity contribution in [2.45, 2.75) is 31.8 Å². The van der Waals surface area contributed by atoms with Gasteiger partial charge < -0.3 is 14.8 Å². The Balaban J connectivity index is 1.90. The van der Waals surface area contributed by atoms with Crippen LogP contribution in [0.1, 0.15) is 24.8 Å². The Bertz CT molecular complexity index is 394. The molecule has 1 N–H and O–H groups in total. The van der Waals surface area contributed by atoms with Crippen LogP contribution in [0.4, 0.5) is 0 Å². The second kappa shape index (κ2) is 7.65. The van der Waals surface area contributed by atoms with Gasteiger partial charge in [0.05, 0.1) is 13.7 Å². The summed E-state index contributed by atoms with van der Waals surface area (Å²) in [6, 6.07) is 6.91. The van der Waals surface area contributed by atoms with Gasteiger partial charge in [-0.25, -0.2) is 0 Å². The summed E-state index contributed by atoms with van der Waals surface area (Å²) in [5.74, 6) is 2.81. The van der Waals surface area contributed by atoms with E-state index in [1.165, 1.54) is 18.4 Å². The Morgan fingerprint density at radius 3 is 2.84 bits per heavy atom. The molecule has 0 amide bonds. The highest BCUT2D eigenvalue weighted by atomic mass is 32.2. The number of benzene rings is 1. The summed E-state index contributed by atoms with van der Waals surface area (Å²) in [7, 11) is 1.69. The highest BCUT2D eigenvalue weighted by Crippen LogP contribution is 2.28. The number of ether oxygens (including phenoxy) is 2. The van der Waals surface area contributed by atoms with Crippen LogP contribution in [0.3, 0.4) is 0 Å². The number of methoxy groups -OCH3 is 1. The van der Waals surface area contributed by atoms with Crippen LogP contribution in [-0.2, 0) is 6.54 Å². The summed E-state index contributed by atoms with van der Waals surface area (Å²) in [6.45, 7) is 1.66. The molecular weight excluding hydrogens is 258 g/mol. The minimum atomic E-state index is 0.730. The monoisotopic (exact) mass is 281 g/mol. The van der Waals surface area contributed by atoms with E-state index in [0.29, 0.717) is 0 Å². The molecule has 3 nitrogen and oxygen atoms in total. The largest absolute Gasteiger partial charge is 0.493 e. The fourth-order valence-corrected chi connectivity index (χ4v) is 2.29. The molecule has 0 bridgehead atoms. The SMILES string of the molecule is COc1ccc(CNC2CC2)cc1OCCCSC. The number of thioether (sulfide) groups is 1. The maximum absolute atomic E-state index is 5.83. The molecule has 0 radical (unpaired) electrons. The second-order valence-electron chi connectivity index (χ2n) is 4.84. The predicted molar refractivity (Wildman–Crippen MR) is 81.3 cm³/mol. The summed E-state index contributed by atoms with van der Waals surface area (Å²) in [5, 5.41) is 3.51. The van der Waals surface area contributed by atoms with Gasteiger partial charge in [0.1, 0.15) is 0 Å². The molecule has 0 aromatic heterocycles. The molecule has 0 aliphatic heterocycles. The smallest absolute Gasteiger partial charge is 0.161 e. The molecule has 0 atom stereocenters. The first-order valence-corrected chi connectivity index (χ1v) is 8.25. The summed E-state index contributed by atoms with van der Waals surface area (Å²) in [6.07, 6.45) is 5.81. The maximum atomic E-state index is 5.83. The van der Waals surface area contributed by atoms with E-state index in [1.54, 1.807) is 7.11 Å². The van der Waals surface area contributed by atoms with Crippen LogP contribution < -0.4 is 14.8 Å². The third-order valence-electron chi connectivity index (χ3n) is 3.15. The Hall–Kier alpha value is -0.870. The number of nitrogens with one attached hydrogen (secondary N) is 1. The summed E-state index contributed by atoms with van der Waals surface area (Å²) in [4.78, 5) is 0. The molecule has 0 heterocycles. The van der Waals surface area contributed by atoms with Gasteiger partial charge >= 0.3 is 0 Å². The zero-order chi connectivity index (χ0) is 13.5. The minimum Gasteiger partial charge on any atom is -0.493 e.